The summed E-state index contributed by atoms with van der Waals surface area (Å²) in [6, 6.07) is 0. The maximum atomic E-state index is 5.94. The van der Waals surface area contributed by atoms with Gasteiger partial charge in [0.15, 0.2) is 5.84 Å². The Morgan fingerprint density at radius 2 is 2.06 bits per heavy atom. The maximum absolute atomic E-state index is 5.94. The standard InChI is InChI=1S/C12H23N5O/c1-9(18-16-5)8-11(13)10(2)12(15-4)17-7-6-14-3/h8,14,16H,4,6-7,13H2,1-3,5H3/b9-8+,11-10?,17-12?. The number of nitrogens with two attached hydrogens (primary N) is 1. The van der Waals surface area contributed by atoms with Crippen molar-refractivity contribution < 1.29 is 4.84 Å². The van der Waals surface area contributed by atoms with Crippen LogP contribution in [0.4, 0.5) is 0 Å². The van der Waals surface area contributed by atoms with Gasteiger partial charge < -0.3 is 15.9 Å². The molecule has 0 aliphatic rings. The van der Waals surface area contributed by atoms with E-state index in [0.29, 0.717) is 23.8 Å². The summed E-state index contributed by atoms with van der Waals surface area (Å²) < 4.78 is 0. The molecule has 0 saturated heterocycles. The number of hydrogen-bond acceptors (Lipinski definition) is 5. The average Bonchev–Trinajstić information content (AvgIpc) is 2.34. The molecule has 0 saturated carbocycles. The fourth-order valence-corrected chi connectivity index (χ4v) is 1.21. The molecule has 0 aromatic carbocycles. The van der Waals surface area contributed by atoms with E-state index in [1.807, 2.05) is 14.0 Å². The van der Waals surface area contributed by atoms with Crippen molar-refractivity contribution in [3.8, 4) is 0 Å². The van der Waals surface area contributed by atoms with Crippen LogP contribution >= 0.6 is 0 Å². The Balaban J connectivity index is 4.93. The van der Waals surface area contributed by atoms with E-state index in [0.717, 1.165) is 12.1 Å². The minimum atomic E-state index is 0.552. The first-order valence-corrected chi connectivity index (χ1v) is 5.71. The number of nitrogens with one attached hydrogen (secondary N) is 2. The summed E-state index contributed by atoms with van der Waals surface area (Å²) in [6.45, 7) is 8.57. The first-order valence-electron chi connectivity index (χ1n) is 5.71. The lowest BCUT2D eigenvalue weighted by molar-refractivity contribution is 0.128. The quantitative estimate of drug-likeness (QED) is 0.155. The first-order chi connectivity index (χ1) is 8.56. The molecule has 18 heavy (non-hydrogen) atoms. The molecule has 4 N–H and O–H groups in total. The molecule has 0 bridgehead atoms. The number of rotatable bonds is 7. The predicted octanol–water partition coefficient (Wildman–Crippen LogP) is 0.592. The van der Waals surface area contributed by atoms with E-state index in [1.165, 1.54) is 0 Å². The molecule has 0 aliphatic heterocycles. The second-order valence-electron chi connectivity index (χ2n) is 3.61. The van der Waals surface area contributed by atoms with Crippen molar-refractivity contribution in [3.05, 3.63) is 23.1 Å². The van der Waals surface area contributed by atoms with Crippen LogP contribution < -0.4 is 16.5 Å². The predicted molar refractivity (Wildman–Crippen MR) is 76.6 cm³/mol. The van der Waals surface area contributed by atoms with Gasteiger partial charge >= 0.3 is 0 Å². The summed E-state index contributed by atoms with van der Waals surface area (Å²) in [5.41, 5.74) is 9.85. The van der Waals surface area contributed by atoms with Crippen molar-refractivity contribution in [2.45, 2.75) is 13.8 Å². The van der Waals surface area contributed by atoms with Crippen LogP contribution in [-0.2, 0) is 4.84 Å². The van der Waals surface area contributed by atoms with Gasteiger partial charge in [-0.25, -0.2) is 4.99 Å². The molecule has 0 unspecified atom stereocenters. The van der Waals surface area contributed by atoms with Crippen LogP contribution in [0.3, 0.4) is 0 Å². The Bertz CT molecular complexity index is 357. The van der Waals surface area contributed by atoms with E-state index in [9.17, 15) is 0 Å². The Morgan fingerprint density at radius 3 is 2.56 bits per heavy atom. The van der Waals surface area contributed by atoms with E-state index in [4.69, 9.17) is 10.6 Å². The molecule has 6 heteroatoms. The number of nitrogens with zero attached hydrogens (tertiary/aromatic N) is 2. The summed E-state index contributed by atoms with van der Waals surface area (Å²) in [5.74, 6) is 1.21. The molecule has 0 fully saturated rings. The Kier molecular flexibility index (Phi) is 8.51. The van der Waals surface area contributed by atoms with Crippen LogP contribution in [0, 0.1) is 0 Å². The highest BCUT2D eigenvalue weighted by Crippen LogP contribution is 2.07. The molecule has 0 aromatic heterocycles. The second kappa shape index (κ2) is 9.38. The number of hydroxylamine groups is 1. The Labute approximate surface area is 109 Å². The van der Waals surface area contributed by atoms with Crippen LogP contribution in [0.5, 0.6) is 0 Å². The van der Waals surface area contributed by atoms with Crippen molar-refractivity contribution >= 4 is 12.6 Å². The van der Waals surface area contributed by atoms with E-state index in [2.05, 4.69) is 27.5 Å². The van der Waals surface area contributed by atoms with Crippen LogP contribution in [0.15, 0.2) is 33.1 Å². The Hall–Kier alpha value is -1.66. The summed E-state index contributed by atoms with van der Waals surface area (Å²) >= 11 is 0. The number of aliphatic imine (C=N–C) groups is 2. The highest BCUT2D eigenvalue weighted by Gasteiger charge is 2.03. The lowest BCUT2D eigenvalue weighted by Crippen LogP contribution is -2.13. The summed E-state index contributed by atoms with van der Waals surface area (Å²) in [7, 11) is 3.55. The number of allylic oxidation sites excluding steroid dienone is 2. The molecular weight excluding hydrogens is 230 g/mol. The summed E-state index contributed by atoms with van der Waals surface area (Å²) in [6.07, 6.45) is 1.71. The zero-order valence-corrected chi connectivity index (χ0v) is 11.6. The van der Waals surface area contributed by atoms with Crippen molar-refractivity contribution in [1.29, 1.82) is 0 Å². The fourth-order valence-electron chi connectivity index (χ4n) is 1.21. The van der Waals surface area contributed by atoms with Crippen LogP contribution in [0.25, 0.3) is 0 Å². The molecule has 0 rings (SSSR count). The maximum Gasteiger partial charge on any atom is 0.151 e. The van der Waals surface area contributed by atoms with Gasteiger partial charge in [-0.2, -0.15) is 5.48 Å². The van der Waals surface area contributed by atoms with E-state index >= 15 is 0 Å². The van der Waals surface area contributed by atoms with Crippen LogP contribution in [0.2, 0.25) is 0 Å². The monoisotopic (exact) mass is 253 g/mol. The SMILES string of the molecule is C=NC(=NCCNC)C(C)=C(N)/C=C(\C)ONC. The number of amidine groups is 1. The van der Waals surface area contributed by atoms with Crippen LogP contribution in [-0.4, -0.2) is 39.7 Å². The van der Waals surface area contributed by atoms with Gasteiger partial charge in [0.05, 0.1) is 6.54 Å². The van der Waals surface area contributed by atoms with E-state index in [1.54, 1.807) is 20.0 Å². The third-order valence-corrected chi connectivity index (χ3v) is 2.16. The number of hydrogen-bond donors (Lipinski definition) is 3. The lowest BCUT2D eigenvalue weighted by atomic mass is 10.2. The molecule has 0 spiro atoms. The van der Waals surface area contributed by atoms with Crippen molar-refractivity contribution in [2.75, 3.05) is 27.2 Å². The first kappa shape index (κ1) is 16.3. The van der Waals surface area contributed by atoms with Gasteiger partial charge in [-0.05, 0) is 27.6 Å². The molecule has 0 amide bonds. The van der Waals surface area contributed by atoms with Crippen molar-refractivity contribution in [1.82, 2.24) is 10.8 Å². The third-order valence-electron chi connectivity index (χ3n) is 2.16. The van der Waals surface area contributed by atoms with Gasteiger partial charge in [-0.3, -0.25) is 4.99 Å². The topological polar surface area (TPSA) is 84.0 Å². The van der Waals surface area contributed by atoms with E-state index in [-0.39, 0.29) is 0 Å². The highest BCUT2D eigenvalue weighted by molar-refractivity contribution is 6.01. The molecular formula is C12H23N5O. The number of likely N-dealkylation sites (N-methyl/N-ethyl adjacent to an activating group) is 1. The van der Waals surface area contributed by atoms with Gasteiger partial charge in [-0.15, -0.1) is 0 Å². The smallest absolute Gasteiger partial charge is 0.151 e. The van der Waals surface area contributed by atoms with Gasteiger partial charge in [0.1, 0.15) is 5.76 Å². The van der Waals surface area contributed by atoms with Crippen molar-refractivity contribution in [3.63, 3.8) is 0 Å². The third kappa shape index (κ3) is 6.17. The molecule has 102 valence electrons. The van der Waals surface area contributed by atoms with Crippen LogP contribution in [0.1, 0.15) is 13.8 Å². The molecule has 6 nitrogen and oxygen atoms in total. The van der Waals surface area contributed by atoms with Gasteiger partial charge in [0.2, 0.25) is 0 Å². The lowest BCUT2D eigenvalue weighted by Gasteiger charge is -2.06. The highest BCUT2D eigenvalue weighted by atomic mass is 16.6. The van der Waals surface area contributed by atoms with Gasteiger partial charge in [0, 0.05) is 30.9 Å². The van der Waals surface area contributed by atoms with E-state index < -0.39 is 0 Å². The van der Waals surface area contributed by atoms with Gasteiger partial charge in [0.25, 0.3) is 0 Å². The molecule has 0 radical (unpaired) electrons. The fraction of sp³-hybridized carbons (Fsp3) is 0.500. The largest absolute Gasteiger partial charge is 0.414 e. The molecule has 0 aromatic rings. The van der Waals surface area contributed by atoms with Crippen molar-refractivity contribution in [2.24, 2.45) is 15.7 Å². The van der Waals surface area contributed by atoms with Gasteiger partial charge in [-0.1, -0.05) is 0 Å². The molecule has 0 atom stereocenters. The normalized spacial score (nSPS) is 14.2. The zero-order valence-electron chi connectivity index (χ0n) is 11.6. The molecule has 0 aliphatic carbocycles. The average molecular weight is 253 g/mol. The minimum absolute atomic E-state index is 0.552. The second-order valence-corrected chi connectivity index (χ2v) is 3.61. The zero-order chi connectivity index (χ0) is 14.0. The molecule has 0 heterocycles. The summed E-state index contributed by atoms with van der Waals surface area (Å²) in [4.78, 5) is 13.3. The minimum Gasteiger partial charge on any atom is -0.414 e. The summed E-state index contributed by atoms with van der Waals surface area (Å²) in [5, 5.41) is 3.01. The Morgan fingerprint density at radius 1 is 1.39 bits per heavy atom.